The number of ketones is 1. The van der Waals surface area contributed by atoms with Crippen LogP contribution in [0.5, 0.6) is 0 Å². The Kier molecular flexibility index (Phi) is 14.3. The number of benzene rings is 3. The Morgan fingerprint density at radius 1 is 0.933 bits per heavy atom. The van der Waals surface area contributed by atoms with Crippen molar-refractivity contribution in [2.45, 2.75) is 90.6 Å². The molecule has 1 aliphatic carbocycles. The molecule has 0 atom stereocenters. The fourth-order valence-corrected chi connectivity index (χ4v) is 9.24. The van der Waals surface area contributed by atoms with Crippen molar-refractivity contribution in [3.8, 4) is 5.69 Å². The maximum atomic E-state index is 14.4. The van der Waals surface area contributed by atoms with Crippen LogP contribution < -0.4 is 5.32 Å². The van der Waals surface area contributed by atoms with Gasteiger partial charge in [-0.3, -0.25) is 29.0 Å². The van der Waals surface area contributed by atoms with Crippen molar-refractivity contribution in [2.24, 2.45) is 0 Å². The number of halogens is 1. The van der Waals surface area contributed by atoms with Gasteiger partial charge in [0.15, 0.2) is 5.78 Å². The van der Waals surface area contributed by atoms with E-state index in [1.807, 2.05) is 60.7 Å². The van der Waals surface area contributed by atoms with Crippen molar-refractivity contribution in [2.75, 3.05) is 32.0 Å². The number of nitrogens with zero attached hydrogens (tertiary/aromatic N) is 5. The van der Waals surface area contributed by atoms with Crippen LogP contribution in [0.4, 0.5) is 5.00 Å². The summed E-state index contributed by atoms with van der Waals surface area (Å²) in [6, 6.07) is 25.2. The molecule has 3 heterocycles. The van der Waals surface area contributed by atoms with E-state index in [-0.39, 0.29) is 43.1 Å². The Morgan fingerprint density at radius 3 is 2.42 bits per heavy atom. The zero-order valence-electron chi connectivity index (χ0n) is 34.6. The molecule has 0 spiro atoms. The van der Waals surface area contributed by atoms with Gasteiger partial charge in [-0.15, -0.1) is 11.3 Å². The van der Waals surface area contributed by atoms with Crippen molar-refractivity contribution in [3.63, 3.8) is 0 Å². The normalized spacial score (nSPS) is 14.0. The summed E-state index contributed by atoms with van der Waals surface area (Å²) in [5, 5.41) is 8.82. The molecule has 1 aliphatic heterocycles. The number of aromatic nitrogens is 2. The van der Waals surface area contributed by atoms with Gasteiger partial charge in [-0.2, -0.15) is 5.10 Å². The van der Waals surface area contributed by atoms with Crippen molar-refractivity contribution < 1.29 is 23.9 Å². The summed E-state index contributed by atoms with van der Waals surface area (Å²) in [7, 11) is 1.77. The highest BCUT2D eigenvalue weighted by atomic mass is 35.5. The maximum Gasteiger partial charge on any atom is 0.306 e. The number of rotatable bonds is 19. The van der Waals surface area contributed by atoms with Crippen LogP contribution in [0.15, 0.2) is 91.3 Å². The number of nitrogens with one attached hydrogen (secondary N) is 1. The Bertz CT molecular complexity index is 2280. The first-order chi connectivity index (χ1) is 29.1. The third-order valence-electron chi connectivity index (χ3n) is 11.5. The van der Waals surface area contributed by atoms with E-state index in [2.05, 4.69) is 34.1 Å². The third-order valence-corrected chi connectivity index (χ3v) is 12.9. The smallest absolute Gasteiger partial charge is 0.306 e. The molecule has 0 saturated heterocycles. The number of likely N-dealkylation sites (N-methyl/N-ethyl adjacent to an activating group) is 1. The van der Waals surface area contributed by atoms with Crippen molar-refractivity contribution in [3.05, 3.63) is 135 Å². The predicted molar refractivity (Wildman–Crippen MR) is 236 cm³/mol. The number of anilines is 1. The van der Waals surface area contributed by atoms with Gasteiger partial charge in [-0.1, -0.05) is 67.9 Å². The number of thiophene rings is 1. The molecular weight excluding hydrogens is 796 g/mol. The van der Waals surface area contributed by atoms with Crippen LogP contribution in [0.25, 0.3) is 5.69 Å². The number of amides is 2. The first-order valence-corrected chi connectivity index (χ1v) is 22.1. The SMILES string of the molecule is CCC(CC)N(CCN(C)C(=O)CCC(=O)OCc1ccccc1)Cc1cccc(C(=O)Nc2sc3c(c2C(=O)c2cnn(-c4ccc(Cl)cc4)c2)CCN(C2CC2)C3)c1. The minimum absolute atomic E-state index is 0.0266. The average molecular weight is 849 g/mol. The van der Waals surface area contributed by atoms with E-state index < -0.39 is 5.97 Å². The minimum Gasteiger partial charge on any atom is -0.461 e. The topological polar surface area (TPSA) is 117 Å². The number of ether oxygens (including phenoxy) is 1. The van der Waals surface area contributed by atoms with Gasteiger partial charge in [0.1, 0.15) is 11.6 Å². The molecule has 2 amide bonds. The molecule has 3 aromatic carbocycles. The lowest BCUT2D eigenvalue weighted by Gasteiger charge is -2.32. The maximum absolute atomic E-state index is 14.4. The predicted octanol–water partition coefficient (Wildman–Crippen LogP) is 8.56. The quantitative estimate of drug-likeness (QED) is 0.0650. The lowest BCUT2D eigenvalue weighted by molar-refractivity contribution is -0.147. The molecule has 0 unspecified atom stereocenters. The van der Waals surface area contributed by atoms with Gasteiger partial charge in [0.25, 0.3) is 5.91 Å². The molecule has 2 aromatic heterocycles. The molecule has 2 aliphatic rings. The standard InChI is InChI=1S/C47H53ClN6O5S/c1-4-37(5-2)53(25-24-51(3)42(55)20-21-43(56)59-31-32-10-7-6-8-11-32)28-33-12-9-13-34(26-33)46(58)50-47-44(40-22-23-52(38-18-19-38)30-41(40)60-47)45(57)35-27-49-54(29-35)39-16-14-36(48)15-17-39/h6-17,26-27,29,37-38H,4-5,18-25,28,30-31H2,1-3H3,(H,50,58). The van der Waals surface area contributed by atoms with E-state index in [1.54, 1.807) is 47.2 Å². The van der Waals surface area contributed by atoms with Gasteiger partial charge >= 0.3 is 5.97 Å². The number of fused-ring (bicyclic) bond motifs is 1. The third kappa shape index (κ3) is 10.8. The van der Waals surface area contributed by atoms with Crippen molar-refractivity contribution in [1.82, 2.24) is 24.5 Å². The Labute approximate surface area is 361 Å². The number of hydrogen-bond acceptors (Lipinski definition) is 9. The van der Waals surface area contributed by atoms with E-state index >= 15 is 0 Å². The molecule has 0 radical (unpaired) electrons. The Morgan fingerprint density at radius 2 is 1.68 bits per heavy atom. The molecule has 13 heteroatoms. The minimum atomic E-state index is -0.396. The lowest BCUT2D eigenvalue weighted by Crippen LogP contribution is -2.41. The lowest BCUT2D eigenvalue weighted by atomic mass is 9.97. The van der Waals surface area contributed by atoms with E-state index in [0.29, 0.717) is 52.4 Å². The van der Waals surface area contributed by atoms with E-state index in [1.165, 1.54) is 24.2 Å². The molecule has 11 nitrogen and oxygen atoms in total. The van der Waals surface area contributed by atoms with Gasteiger partial charge in [-0.05, 0) is 85.2 Å². The van der Waals surface area contributed by atoms with E-state index in [4.69, 9.17) is 16.3 Å². The summed E-state index contributed by atoms with van der Waals surface area (Å²) in [6.45, 7) is 7.87. The number of hydrogen-bond donors (Lipinski definition) is 1. The summed E-state index contributed by atoms with van der Waals surface area (Å²) in [5.41, 5.74) is 5.18. The highest BCUT2D eigenvalue weighted by Crippen LogP contribution is 2.41. The van der Waals surface area contributed by atoms with Crippen LogP contribution in [0.2, 0.25) is 5.02 Å². The molecule has 1 saturated carbocycles. The summed E-state index contributed by atoms with van der Waals surface area (Å²) in [5.74, 6) is -0.947. The van der Waals surface area contributed by atoms with Crippen LogP contribution in [0, 0.1) is 0 Å². The van der Waals surface area contributed by atoms with Gasteiger partial charge in [0.05, 0.1) is 29.4 Å². The van der Waals surface area contributed by atoms with Crippen LogP contribution in [-0.2, 0) is 40.4 Å². The highest BCUT2D eigenvalue weighted by Gasteiger charge is 2.35. The van der Waals surface area contributed by atoms with Crippen molar-refractivity contribution in [1.29, 1.82) is 0 Å². The second kappa shape index (κ2) is 19.9. The zero-order valence-corrected chi connectivity index (χ0v) is 36.1. The van der Waals surface area contributed by atoms with Crippen LogP contribution in [0.3, 0.4) is 0 Å². The fraction of sp³-hybridized carbons (Fsp3) is 0.383. The molecule has 0 bridgehead atoms. The van der Waals surface area contributed by atoms with E-state index in [9.17, 15) is 19.2 Å². The molecule has 1 N–H and O–H groups in total. The fourth-order valence-electron chi connectivity index (χ4n) is 7.85. The summed E-state index contributed by atoms with van der Waals surface area (Å²) in [6.07, 6.45) is 8.43. The van der Waals surface area contributed by atoms with Gasteiger partial charge in [-0.25, -0.2) is 4.68 Å². The van der Waals surface area contributed by atoms with Gasteiger partial charge in [0, 0.05) is 79.9 Å². The van der Waals surface area contributed by atoms with Gasteiger partial charge in [0.2, 0.25) is 5.91 Å². The largest absolute Gasteiger partial charge is 0.461 e. The summed E-state index contributed by atoms with van der Waals surface area (Å²) >= 11 is 7.61. The monoisotopic (exact) mass is 848 g/mol. The second-order valence-electron chi connectivity index (χ2n) is 15.7. The zero-order chi connectivity index (χ0) is 42.2. The molecule has 314 valence electrons. The number of carbonyl (C=O) groups is 4. The first kappa shape index (κ1) is 43.0. The highest BCUT2D eigenvalue weighted by molar-refractivity contribution is 7.17. The summed E-state index contributed by atoms with van der Waals surface area (Å²) in [4.78, 5) is 61.5. The number of carbonyl (C=O) groups excluding carboxylic acids is 4. The Hall–Kier alpha value is -5.14. The first-order valence-electron chi connectivity index (χ1n) is 20.9. The van der Waals surface area contributed by atoms with Gasteiger partial charge < -0.3 is 15.0 Å². The van der Waals surface area contributed by atoms with Crippen molar-refractivity contribution >= 4 is 51.5 Å². The van der Waals surface area contributed by atoms with E-state index in [0.717, 1.165) is 59.6 Å². The van der Waals surface area contributed by atoms with Crippen LogP contribution in [0.1, 0.15) is 100 Å². The molecule has 5 aromatic rings. The molecular formula is C47H53ClN6O5S. The summed E-state index contributed by atoms with van der Waals surface area (Å²) < 4.78 is 7.02. The van der Waals surface area contributed by atoms with Crippen LogP contribution in [-0.4, -0.2) is 86.8 Å². The second-order valence-corrected chi connectivity index (χ2v) is 17.2. The Balaban J connectivity index is 1.02. The average Bonchev–Trinajstić information content (AvgIpc) is 3.89. The molecule has 60 heavy (non-hydrogen) atoms. The molecule has 1 fully saturated rings. The number of esters is 1. The van der Waals surface area contributed by atoms with Crippen LogP contribution >= 0.6 is 22.9 Å². The molecule has 7 rings (SSSR count).